The zero-order valence-corrected chi connectivity index (χ0v) is 11.0. The lowest BCUT2D eigenvalue weighted by Crippen LogP contribution is -2.42. The van der Waals surface area contributed by atoms with E-state index in [9.17, 15) is 10.1 Å². The van der Waals surface area contributed by atoms with Gasteiger partial charge in [-0.1, -0.05) is 0 Å². The minimum Gasteiger partial charge on any atom is -0.360 e. The molecule has 3 rings (SSSR count). The van der Waals surface area contributed by atoms with Crippen molar-refractivity contribution in [3.8, 4) is 6.07 Å². The minimum atomic E-state index is -0.525. The number of hydrogen-bond donors (Lipinski definition) is 0. The first kappa shape index (κ1) is 13.2. The third kappa shape index (κ3) is 2.46. The maximum Gasteiger partial charge on any atom is 0.270 e. The zero-order valence-electron chi connectivity index (χ0n) is 11.0. The van der Waals surface area contributed by atoms with Crippen LogP contribution in [0.1, 0.15) is 0 Å². The molecule has 2 heterocycles. The third-order valence-corrected chi connectivity index (χ3v) is 3.32. The van der Waals surface area contributed by atoms with Crippen LogP contribution in [0.2, 0.25) is 0 Å². The summed E-state index contributed by atoms with van der Waals surface area (Å²) in [4.78, 5) is 20.7. The topological polar surface area (TPSA) is 105 Å². The smallest absolute Gasteiger partial charge is 0.270 e. The molecule has 0 radical (unpaired) electrons. The van der Waals surface area contributed by atoms with Crippen molar-refractivity contribution in [1.82, 2.24) is 9.97 Å². The maximum absolute atomic E-state index is 10.9. The first-order valence-electron chi connectivity index (χ1n) is 6.34. The second-order valence-electron chi connectivity index (χ2n) is 4.59. The minimum absolute atomic E-state index is 0.0105. The average Bonchev–Trinajstić information content (AvgIpc) is 2.53. The van der Waals surface area contributed by atoms with E-state index < -0.39 is 11.0 Å². The normalized spacial score (nSPS) is 18.4. The van der Waals surface area contributed by atoms with Crippen LogP contribution in [0, 0.1) is 21.4 Å². The molecule has 0 aliphatic carbocycles. The number of nitrogens with zero attached hydrogens (tertiary/aromatic N) is 5. The lowest BCUT2D eigenvalue weighted by atomic mass is 10.2. The predicted octanol–water partition coefficient (Wildman–Crippen LogP) is 1.27. The number of nitro groups is 1. The third-order valence-electron chi connectivity index (χ3n) is 3.32. The number of nitriles is 1. The van der Waals surface area contributed by atoms with E-state index in [2.05, 4.69) is 16.0 Å². The fourth-order valence-corrected chi connectivity index (χ4v) is 2.32. The van der Waals surface area contributed by atoms with Crippen LogP contribution >= 0.6 is 0 Å². The summed E-state index contributed by atoms with van der Waals surface area (Å²) < 4.78 is 5.30. The summed E-state index contributed by atoms with van der Waals surface area (Å²) in [6.07, 6.45) is 0.892. The Hall–Kier alpha value is -2.79. The molecule has 1 unspecified atom stereocenters. The Bertz CT molecular complexity index is 742. The van der Waals surface area contributed by atoms with Gasteiger partial charge in [-0.25, -0.2) is 9.97 Å². The van der Waals surface area contributed by atoms with Crippen LogP contribution in [0.25, 0.3) is 10.9 Å². The van der Waals surface area contributed by atoms with Gasteiger partial charge in [0.15, 0.2) is 6.10 Å². The van der Waals surface area contributed by atoms with Gasteiger partial charge >= 0.3 is 0 Å². The van der Waals surface area contributed by atoms with Crippen molar-refractivity contribution in [2.24, 2.45) is 0 Å². The van der Waals surface area contributed by atoms with Crippen LogP contribution in [0.3, 0.4) is 0 Å². The molecule has 1 saturated heterocycles. The number of nitro benzene ring substituents is 1. The number of ether oxygens (including phenoxy) is 1. The molecule has 1 aliphatic heterocycles. The molecule has 2 aromatic rings. The number of non-ortho nitro benzene ring substituents is 1. The highest BCUT2D eigenvalue weighted by Gasteiger charge is 2.23. The summed E-state index contributed by atoms with van der Waals surface area (Å²) >= 11 is 0. The largest absolute Gasteiger partial charge is 0.360 e. The van der Waals surface area contributed by atoms with Crippen molar-refractivity contribution in [2.45, 2.75) is 6.10 Å². The van der Waals surface area contributed by atoms with Crippen LogP contribution in [0.15, 0.2) is 24.5 Å². The summed E-state index contributed by atoms with van der Waals surface area (Å²) in [5.41, 5.74) is 0.620. The van der Waals surface area contributed by atoms with Crippen LogP contribution in [0.4, 0.5) is 11.5 Å². The lowest BCUT2D eigenvalue weighted by Gasteiger charge is -2.31. The second kappa shape index (κ2) is 5.30. The molecule has 1 atom stereocenters. The van der Waals surface area contributed by atoms with Gasteiger partial charge in [0.2, 0.25) is 0 Å². The molecule has 0 spiro atoms. The van der Waals surface area contributed by atoms with E-state index in [0.29, 0.717) is 36.4 Å². The fourth-order valence-electron chi connectivity index (χ4n) is 2.32. The monoisotopic (exact) mass is 285 g/mol. The van der Waals surface area contributed by atoms with Gasteiger partial charge in [-0.15, -0.1) is 0 Å². The van der Waals surface area contributed by atoms with Crippen molar-refractivity contribution < 1.29 is 9.66 Å². The van der Waals surface area contributed by atoms with Gasteiger partial charge in [0.1, 0.15) is 12.1 Å². The highest BCUT2D eigenvalue weighted by Crippen LogP contribution is 2.27. The van der Waals surface area contributed by atoms with Gasteiger partial charge in [-0.05, 0) is 6.07 Å². The standard InChI is InChI=1S/C13H11N5O3/c14-6-10-7-17(3-4-21-10)13-11-5-9(18(19)20)1-2-12(11)15-8-16-13/h1-2,5,8,10H,3-4,7H2. The summed E-state index contributed by atoms with van der Waals surface area (Å²) in [5, 5.41) is 20.5. The van der Waals surface area contributed by atoms with Crippen molar-refractivity contribution in [2.75, 3.05) is 24.6 Å². The van der Waals surface area contributed by atoms with Crippen molar-refractivity contribution in [1.29, 1.82) is 5.26 Å². The molecule has 1 fully saturated rings. The van der Waals surface area contributed by atoms with E-state index >= 15 is 0 Å². The number of rotatable bonds is 2. The van der Waals surface area contributed by atoms with Crippen LogP contribution in [-0.4, -0.2) is 40.7 Å². The van der Waals surface area contributed by atoms with Gasteiger partial charge in [-0.3, -0.25) is 10.1 Å². The molecular weight excluding hydrogens is 274 g/mol. The van der Waals surface area contributed by atoms with Gasteiger partial charge in [0, 0.05) is 24.1 Å². The van der Waals surface area contributed by atoms with Gasteiger partial charge in [0.25, 0.3) is 5.69 Å². The Kier molecular flexibility index (Phi) is 3.33. The van der Waals surface area contributed by atoms with Gasteiger partial charge in [-0.2, -0.15) is 5.26 Å². The maximum atomic E-state index is 10.9. The molecule has 8 nitrogen and oxygen atoms in total. The molecule has 8 heteroatoms. The van der Waals surface area contributed by atoms with Crippen LogP contribution in [-0.2, 0) is 4.74 Å². The van der Waals surface area contributed by atoms with E-state index in [4.69, 9.17) is 10.00 Å². The molecular formula is C13H11N5O3. The number of hydrogen-bond acceptors (Lipinski definition) is 7. The molecule has 0 amide bonds. The van der Waals surface area contributed by atoms with Crippen molar-refractivity contribution >= 4 is 22.4 Å². The molecule has 1 aliphatic rings. The van der Waals surface area contributed by atoms with E-state index in [1.807, 2.05) is 4.90 Å². The predicted molar refractivity (Wildman–Crippen MR) is 73.8 cm³/mol. The molecule has 21 heavy (non-hydrogen) atoms. The molecule has 1 aromatic heterocycles. The molecule has 106 valence electrons. The summed E-state index contributed by atoms with van der Waals surface area (Å²) in [6, 6.07) is 6.54. The SMILES string of the molecule is N#CC1CN(c2ncnc3ccc([N+](=O)[O-])cc23)CCO1. The molecule has 1 aromatic carbocycles. The Morgan fingerprint density at radius 1 is 1.48 bits per heavy atom. The lowest BCUT2D eigenvalue weighted by molar-refractivity contribution is -0.384. The fraction of sp³-hybridized carbons (Fsp3) is 0.308. The van der Waals surface area contributed by atoms with Crippen LogP contribution < -0.4 is 4.90 Å². The average molecular weight is 285 g/mol. The van der Waals surface area contributed by atoms with Gasteiger partial charge < -0.3 is 9.64 Å². The highest BCUT2D eigenvalue weighted by atomic mass is 16.6. The number of fused-ring (bicyclic) bond motifs is 1. The first-order chi connectivity index (χ1) is 10.2. The van der Waals surface area contributed by atoms with E-state index in [-0.39, 0.29) is 5.69 Å². The van der Waals surface area contributed by atoms with E-state index in [1.165, 1.54) is 18.5 Å². The van der Waals surface area contributed by atoms with E-state index in [0.717, 1.165) is 0 Å². The molecule has 0 bridgehead atoms. The Morgan fingerprint density at radius 3 is 3.10 bits per heavy atom. The highest BCUT2D eigenvalue weighted by molar-refractivity contribution is 5.91. The summed E-state index contributed by atoms with van der Waals surface area (Å²) in [7, 11) is 0. The van der Waals surface area contributed by atoms with E-state index in [1.54, 1.807) is 6.07 Å². The van der Waals surface area contributed by atoms with Crippen molar-refractivity contribution in [3.05, 3.63) is 34.6 Å². The molecule has 0 saturated carbocycles. The number of aromatic nitrogens is 2. The number of benzene rings is 1. The van der Waals surface area contributed by atoms with Crippen LogP contribution in [0.5, 0.6) is 0 Å². The number of anilines is 1. The molecule has 0 N–H and O–H groups in total. The Morgan fingerprint density at radius 2 is 2.33 bits per heavy atom. The Labute approximate surface area is 119 Å². The van der Waals surface area contributed by atoms with Gasteiger partial charge in [0.05, 0.1) is 29.7 Å². The quantitative estimate of drug-likeness (QED) is 0.604. The van der Waals surface area contributed by atoms with Crippen molar-refractivity contribution in [3.63, 3.8) is 0 Å². The number of morpholine rings is 1. The Balaban J connectivity index is 2.07. The zero-order chi connectivity index (χ0) is 14.8. The summed E-state index contributed by atoms with van der Waals surface area (Å²) in [6.45, 7) is 1.37. The second-order valence-corrected chi connectivity index (χ2v) is 4.59. The summed E-state index contributed by atoms with van der Waals surface area (Å²) in [5.74, 6) is 0.590. The first-order valence-corrected chi connectivity index (χ1v) is 6.34.